The number of hydrogen-bond acceptors (Lipinski definition) is 2. The van der Waals surface area contributed by atoms with Gasteiger partial charge in [0.2, 0.25) is 0 Å². The van der Waals surface area contributed by atoms with Gasteiger partial charge in [0.05, 0.1) is 16.8 Å². The number of furan rings is 1. The van der Waals surface area contributed by atoms with E-state index in [0.717, 1.165) is 51.7 Å². The molecule has 1 fully saturated rings. The molecule has 0 N–H and O–H groups in total. The molecular formula is C72H47NO. The van der Waals surface area contributed by atoms with Crippen LogP contribution in [-0.2, 0) is 10.8 Å². The zero-order valence-corrected chi connectivity index (χ0v) is 40.7. The van der Waals surface area contributed by atoms with Crippen molar-refractivity contribution < 1.29 is 4.42 Å². The second-order valence-corrected chi connectivity index (χ2v) is 21.3. The summed E-state index contributed by atoms with van der Waals surface area (Å²) in [7, 11) is 0. The summed E-state index contributed by atoms with van der Waals surface area (Å²) in [6.07, 6.45) is 4.67. The molecular weight excluding hydrogens is 895 g/mol. The number of anilines is 3. The molecule has 0 radical (unpaired) electrons. The highest BCUT2D eigenvalue weighted by atomic mass is 16.3. The second kappa shape index (κ2) is 14.8. The van der Waals surface area contributed by atoms with Crippen molar-refractivity contribution in [2.45, 2.75) is 36.5 Å². The summed E-state index contributed by atoms with van der Waals surface area (Å²) in [5.41, 5.74) is 23.2. The van der Waals surface area contributed by atoms with Crippen LogP contribution >= 0.6 is 0 Å². The fraction of sp³-hybridized carbons (Fsp3) is 0.0833. The van der Waals surface area contributed by atoms with Crippen molar-refractivity contribution in [3.63, 3.8) is 0 Å². The molecule has 0 bridgehead atoms. The van der Waals surface area contributed by atoms with Gasteiger partial charge in [0.15, 0.2) is 0 Å². The van der Waals surface area contributed by atoms with Gasteiger partial charge in [0.1, 0.15) is 11.2 Å². The van der Waals surface area contributed by atoms with E-state index in [9.17, 15) is 0 Å². The van der Waals surface area contributed by atoms with Gasteiger partial charge in [-0.1, -0.05) is 201 Å². The Bertz CT molecular complexity index is 4500. The van der Waals surface area contributed by atoms with Crippen LogP contribution in [0.25, 0.3) is 98.8 Å². The topological polar surface area (TPSA) is 16.4 Å². The minimum Gasteiger partial charge on any atom is -0.456 e. The monoisotopic (exact) mass is 941 g/mol. The van der Waals surface area contributed by atoms with Gasteiger partial charge in [-0.15, -0.1) is 0 Å². The van der Waals surface area contributed by atoms with Crippen LogP contribution in [0.1, 0.15) is 59.1 Å². The first-order chi connectivity index (χ1) is 36.7. The number of para-hydroxylation sites is 1. The van der Waals surface area contributed by atoms with Crippen molar-refractivity contribution in [3.8, 4) is 44.5 Å². The summed E-state index contributed by atoms with van der Waals surface area (Å²) in [5.74, 6) is 0. The fourth-order valence-electron chi connectivity index (χ4n) is 15.1. The van der Waals surface area contributed by atoms with Crippen LogP contribution in [0.2, 0.25) is 0 Å². The van der Waals surface area contributed by atoms with Crippen LogP contribution < -0.4 is 4.90 Å². The largest absolute Gasteiger partial charge is 0.456 e. The molecule has 2 spiro atoms. The van der Waals surface area contributed by atoms with Gasteiger partial charge >= 0.3 is 0 Å². The molecule has 2 heteroatoms. The summed E-state index contributed by atoms with van der Waals surface area (Å²) in [6.45, 7) is 0. The minimum atomic E-state index is -0.539. The van der Waals surface area contributed by atoms with E-state index in [1.165, 1.54) is 123 Å². The maximum absolute atomic E-state index is 6.54. The smallest absolute Gasteiger partial charge is 0.135 e. The van der Waals surface area contributed by atoms with Gasteiger partial charge in [-0.05, 0) is 166 Å². The maximum atomic E-state index is 6.54. The summed E-state index contributed by atoms with van der Waals surface area (Å²) in [6, 6.07) is 90.0. The molecule has 1 saturated carbocycles. The molecule has 12 aromatic carbocycles. The van der Waals surface area contributed by atoms with Crippen molar-refractivity contribution in [3.05, 3.63) is 270 Å². The van der Waals surface area contributed by atoms with E-state index in [1.54, 1.807) is 0 Å². The van der Waals surface area contributed by atoms with E-state index in [2.05, 4.69) is 241 Å². The fourth-order valence-corrected chi connectivity index (χ4v) is 15.1. The highest BCUT2D eigenvalue weighted by Gasteiger charge is 2.53. The molecule has 1 heterocycles. The van der Waals surface area contributed by atoms with Gasteiger partial charge < -0.3 is 9.32 Å². The molecule has 0 amide bonds. The zero-order chi connectivity index (χ0) is 48.3. The van der Waals surface area contributed by atoms with Crippen LogP contribution in [0.5, 0.6) is 0 Å². The van der Waals surface area contributed by atoms with Gasteiger partial charge in [0, 0.05) is 27.4 Å². The van der Waals surface area contributed by atoms with Crippen LogP contribution in [0.4, 0.5) is 17.1 Å². The SMILES string of the molecule is c1ccc2c(c1)-c1cccc(N(c3ccc4c5ccccc5c5ccccc5c4c3)c3cc4c(cc3-c3ccc5oc6ccccc6c5c3)-c3ccccc3C43c4ccccc4-c4ccccc43)c1C21CCCC1. The Balaban J connectivity index is 1.04. The van der Waals surface area contributed by atoms with Crippen molar-refractivity contribution in [2.75, 3.05) is 4.90 Å². The predicted molar refractivity (Wildman–Crippen MR) is 307 cm³/mol. The standard InChI is InChI=1S/C72H47NO/c1-2-20-48-46(18-1)47-19-3-4-21-49(47)58-41-45(35-36-50(48)58)73(66-32-17-27-56-53-24-5-10-28-61(53)71(70(56)66)38-15-16-39-71)67-43-65-59(42-57(67)44-34-37-69-60(40-44)55-26-9-14-33-68(55)74-69)54-25-8-13-31-64(54)72(65)62-29-11-6-22-51(62)52-23-7-12-30-63(52)72/h1-14,17-37,40-43H,15-16,38-39H2. The summed E-state index contributed by atoms with van der Waals surface area (Å²) in [4.78, 5) is 2.70. The van der Waals surface area contributed by atoms with Gasteiger partial charge in [-0.3, -0.25) is 0 Å². The molecule has 0 unspecified atom stereocenters. The van der Waals surface area contributed by atoms with Crippen molar-refractivity contribution in [1.82, 2.24) is 0 Å². The summed E-state index contributed by atoms with van der Waals surface area (Å²) >= 11 is 0. The molecule has 1 aromatic heterocycles. The molecule has 17 rings (SSSR count). The maximum Gasteiger partial charge on any atom is 0.135 e. The predicted octanol–water partition coefficient (Wildman–Crippen LogP) is 19.4. The Morgan fingerprint density at radius 3 is 1.49 bits per heavy atom. The first-order valence-electron chi connectivity index (χ1n) is 26.5. The quantitative estimate of drug-likeness (QED) is 0.164. The number of rotatable bonds is 4. The van der Waals surface area contributed by atoms with Gasteiger partial charge in [-0.25, -0.2) is 0 Å². The molecule has 0 atom stereocenters. The van der Waals surface area contributed by atoms with Crippen LogP contribution in [-0.4, -0.2) is 0 Å². The lowest BCUT2D eigenvalue weighted by Gasteiger charge is -2.36. The molecule has 4 aliphatic rings. The van der Waals surface area contributed by atoms with Crippen molar-refractivity contribution in [1.29, 1.82) is 0 Å². The number of fused-ring (bicyclic) bond motifs is 24. The van der Waals surface area contributed by atoms with Gasteiger partial charge in [-0.2, -0.15) is 0 Å². The van der Waals surface area contributed by atoms with Crippen LogP contribution in [0, 0.1) is 0 Å². The van der Waals surface area contributed by atoms with Gasteiger partial charge in [0.25, 0.3) is 0 Å². The number of benzene rings is 12. The molecule has 13 aromatic rings. The Labute approximate surface area is 429 Å². The Hall–Kier alpha value is -8.98. The van der Waals surface area contributed by atoms with Crippen molar-refractivity contribution in [2.24, 2.45) is 0 Å². The normalized spacial score (nSPS) is 15.0. The average molecular weight is 942 g/mol. The number of hydrogen-bond donors (Lipinski definition) is 0. The highest BCUT2D eigenvalue weighted by Crippen LogP contribution is 2.66. The molecule has 0 saturated heterocycles. The lowest BCUT2D eigenvalue weighted by molar-refractivity contribution is 0.550. The van der Waals surface area contributed by atoms with E-state index in [-0.39, 0.29) is 5.41 Å². The Kier molecular flexibility index (Phi) is 8.13. The van der Waals surface area contributed by atoms with E-state index in [4.69, 9.17) is 4.42 Å². The lowest BCUT2D eigenvalue weighted by atomic mass is 9.70. The van der Waals surface area contributed by atoms with Crippen LogP contribution in [0.15, 0.2) is 241 Å². The first kappa shape index (κ1) is 40.6. The Morgan fingerprint density at radius 1 is 0.311 bits per heavy atom. The third-order valence-electron chi connectivity index (χ3n) is 18.0. The minimum absolute atomic E-state index is 0.104. The third kappa shape index (κ3) is 5.15. The molecule has 74 heavy (non-hydrogen) atoms. The van der Waals surface area contributed by atoms with E-state index >= 15 is 0 Å². The van der Waals surface area contributed by atoms with Crippen molar-refractivity contribution >= 4 is 71.3 Å². The lowest BCUT2D eigenvalue weighted by Crippen LogP contribution is -2.27. The highest BCUT2D eigenvalue weighted by molar-refractivity contribution is 6.26. The second-order valence-electron chi connectivity index (χ2n) is 21.3. The zero-order valence-electron chi connectivity index (χ0n) is 40.7. The van der Waals surface area contributed by atoms with E-state index in [1.807, 2.05) is 0 Å². The first-order valence-corrected chi connectivity index (χ1v) is 26.5. The number of nitrogens with zero attached hydrogens (tertiary/aromatic N) is 1. The Morgan fingerprint density at radius 2 is 0.824 bits per heavy atom. The van der Waals surface area contributed by atoms with Crippen LogP contribution in [0.3, 0.4) is 0 Å². The molecule has 2 nitrogen and oxygen atoms in total. The molecule has 346 valence electrons. The average Bonchev–Trinajstić information content (AvgIpc) is 4.41. The molecule has 0 aliphatic heterocycles. The third-order valence-corrected chi connectivity index (χ3v) is 18.0. The summed E-state index contributed by atoms with van der Waals surface area (Å²) < 4.78 is 6.54. The van der Waals surface area contributed by atoms with E-state index < -0.39 is 5.41 Å². The summed E-state index contributed by atoms with van der Waals surface area (Å²) in [5, 5.41) is 9.87. The molecule has 4 aliphatic carbocycles. The van der Waals surface area contributed by atoms with E-state index in [0.29, 0.717) is 0 Å².